The van der Waals surface area contributed by atoms with Crippen LogP contribution < -0.4 is 4.74 Å². The quantitative estimate of drug-likeness (QED) is 0.456. The summed E-state index contributed by atoms with van der Waals surface area (Å²) in [4.78, 5) is 3.97. The Morgan fingerprint density at radius 1 is 1.10 bits per heavy atom. The minimum Gasteiger partial charge on any atom is -0.486 e. The predicted octanol–water partition coefficient (Wildman–Crippen LogP) is 4.32. The van der Waals surface area contributed by atoms with E-state index in [1.165, 1.54) is 6.33 Å². The molecule has 0 saturated heterocycles. The molecule has 0 aliphatic carbocycles. The average molecular weight is 393 g/mol. The van der Waals surface area contributed by atoms with Gasteiger partial charge in [-0.05, 0) is 31.2 Å². The third kappa shape index (κ3) is 2.97. The van der Waals surface area contributed by atoms with Gasteiger partial charge in [-0.15, -0.1) is 10.2 Å². The lowest BCUT2D eigenvalue weighted by molar-refractivity contribution is 0.145. The number of hydrogen-bond donors (Lipinski definition) is 0. The summed E-state index contributed by atoms with van der Waals surface area (Å²) in [6.07, 6.45) is -1.22. The summed E-state index contributed by atoms with van der Waals surface area (Å²) in [6, 6.07) is 15.2. The van der Waals surface area contributed by atoms with Gasteiger partial charge in [-0.25, -0.2) is 13.8 Å². The number of benzene rings is 2. The molecular weight excluding hydrogens is 376 g/mol. The van der Waals surface area contributed by atoms with E-state index >= 15 is 0 Å². The molecule has 0 atom stereocenters. The number of nitrogens with zero attached hydrogens (tertiary/aromatic N) is 5. The first-order valence-corrected chi connectivity index (χ1v) is 9.17. The number of aryl methyl sites for hydroxylation is 1. The van der Waals surface area contributed by atoms with E-state index in [4.69, 9.17) is 4.74 Å². The second-order valence-electron chi connectivity index (χ2n) is 6.90. The van der Waals surface area contributed by atoms with Crippen molar-refractivity contribution in [2.24, 2.45) is 0 Å². The number of rotatable bonds is 4. The molecule has 1 aliphatic rings. The van der Waals surface area contributed by atoms with Crippen molar-refractivity contribution < 1.29 is 13.5 Å². The van der Waals surface area contributed by atoms with Gasteiger partial charge in [0.1, 0.15) is 24.4 Å². The van der Waals surface area contributed by atoms with Crippen molar-refractivity contribution in [3.05, 3.63) is 77.6 Å². The zero-order chi connectivity index (χ0) is 20.0. The standard InChI is InChI=1S/C21H17F2N5O/c1-13-7-8-16-15(9-13)21-26-25-18(11-29-14-5-3-2-4-6-14)27(21)10-17-19(20(22)23)24-12-28(16)17/h2-9,12,20H,10-11H2,1H3. The Hall–Kier alpha value is -3.55. The van der Waals surface area contributed by atoms with Crippen LogP contribution in [0.5, 0.6) is 5.75 Å². The Balaban J connectivity index is 1.63. The monoisotopic (exact) mass is 393 g/mol. The highest BCUT2D eigenvalue weighted by Gasteiger charge is 2.28. The fourth-order valence-electron chi connectivity index (χ4n) is 3.60. The van der Waals surface area contributed by atoms with Gasteiger partial charge in [0.2, 0.25) is 0 Å². The van der Waals surface area contributed by atoms with Crippen molar-refractivity contribution in [2.45, 2.75) is 26.5 Å². The van der Waals surface area contributed by atoms with Crippen LogP contribution in [0.3, 0.4) is 0 Å². The van der Waals surface area contributed by atoms with Crippen LogP contribution in [0.25, 0.3) is 17.1 Å². The maximum absolute atomic E-state index is 13.6. The van der Waals surface area contributed by atoms with Gasteiger partial charge in [0.15, 0.2) is 11.6 Å². The molecule has 0 N–H and O–H groups in total. The second kappa shape index (κ2) is 6.80. The second-order valence-corrected chi connectivity index (χ2v) is 6.90. The molecule has 146 valence electrons. The number of alkyl halides is 2. The van der Waals surface area contributed by atoms with Crippen molar-refractivity contribution >= 4 is 0 Å². The SMILES string of the molecule is Cc1ccc2c(c1)-c1nnc(COc3ccccc3)n1Cc1c(C(F)F)ncn1-2. The zero-order valence-corrected chi connectivity index (χ0v) is 15.6. The van der Waals surface area contributed by atoms with Gasteiger partial charge in [-0.3, -0.25) is 0 Å². The van der Waals surface area contributed by atoms with Crippen molar-refractivity contribution in [1.29, 1.82) is 0 Å². The van der Waals surface area contributed by atoms with E-state index in [0.29, 0.717) is 23.1 Å². The van der Waals surface area contributed by atoms with Crippen molar-refractivity contribution in [3.8, 4) is 22.8 Å². The first-order valence-electron chi connectivity index (χ1n) is 9.17. The molecular formula is C21H17F2N5O. The zero-order valence-electron chi connectivity index (χ0n) is 15.6. The fourth-order valence-corrected chi connectivity index (χ4v) is 3.60. The summed E-state index contributed by atoms with van der Waals surface area (Å²) in [6.45, 7) is 2.34. The number of ether oxygens (including phenoxy) is 1. The van der Waals surface area contributed by atoms with Crippen LogP contribution in [-0.4, -0.2) is 24.3 Å². The largest absolute Gasteiger partial charge is 0.486 e. The summed E-state index contributed by atoms with van der Waals surface area (Å²) >= 11 is 0. The highest BCUT2D eigenvalue weighted by Crippen LogP contribution is 2.35. The van der Waals surface area contributed by atoms with Gasteiger partial charge in [-0.1, -0.05) is 29.8 Å². The molecule has 4 aromatic rings. The molecule has 0 amide bonds. The number of aromatic nitrogens is 5. The van der Waals surface area contributed by atoms with E-state index in [1.54, 1.807) is 4.57 Å². The highest BCUT2D eigenvalue weighted by atomic mass is 19.3. The van der Waals surface area contributed by atoms with E-state index in [9.17, 15) is 8.78 Å². The maximum Gasteiger partial charge on any atom is 0.282 e. The molecule has 29 heavy (non-hydrogen) atoms. The molecule has 1 aliphatic heterocycles. The van der Waals surface area contributed by atoms with Gasteiger partial charge in [0, 0.05) is 5.56 Å². The van der Waals surface area contributed by atoms with Crippen LogP contribution in [0.15, 0.2) is 54.9 Å². The third-order valence-corrected chi connectivity index (χ3v) is 5.00. The number of halogens is 2. The first-order chi connectivity index (χ1) is 14.1. The normalized spacial score (nSPS) is 12.3. The lowest BCUT2D eigenvalue weighted by atomic mass is 10.1. The van der Waals surface area contributed by atoms with Gasteiger partial charge in [0.05, 0.1) is 17.9 Å². The van der Waals surface area contributed by atoms with Crippen LogP contribution in [0.2, 0.25) is 0 Å². The van der Waals surface area contributed by atoms with E-state index in [2.05, 4.69) is 15.2 Å². The summed E-state index contributed by atoms with van der Waals surface area (Å²) in [5.41, 5.74) is 2.81. The van der Waals surface area contributed by atoms with Gasteiger partial charge in [0.25, 0.3) is 6.43 Å². The first kappa shape index (κ1) is 17.5. The lowest BCUT2D eigenvalue weighted by Crippen LogP contribution is -2.11. The molecule has 2 aromatic heterocycles. The molecule has 8 heteroatoms. The van der Waals surface area contributed by atoms with Crippen molar-refractivity contribution in [2.75, 3.05) is 0 Å². The predicted molar refractivity (Wildman–Crippen MR) is 102 cm³/mol. The molecule has 0 radical (unpaired) electrons. The fraction of sp³-hybridized carbons (Fsp3) is 0.190. The summed E-state index contributed by atoms with van der Waals surface area (Å²) in [5, 5.41) is 8.65. The Bertz CT molecular complexity index is 1180. The van der Waals surface area contributed by atoms with Crippen LogP contribution >= 0.6 is 0 Å². The van der Waals surface area contributed by atoms with Crippen molar-refractivity contribution in [1.82, 2.24) is 24.3 Å². The Labute approximate surface area is 165 Å². The third-order valence-electron chi connectivity index (χ3n) is 5.00. The minimum absolute atomic E-state index is 0.177. The number of para-hydroxylation sites is 1. The molecule has 0 bridgehead atoms. The smallest absolute Gasteiger partial charge is 0.282 e. The molecule has 0 saturated carbocycles. The van der Waals surface area contributed by atoms with Gasteiger partial charge < -0.3 is 13.9 Å². The van der Waals surface area contributed by atoms with Crippen molar-refractivity contribution in [3.63, 3.8) is 0 Å². The molecule has 5 rings (SSSR count). The maximum atomic E-state index is 13.6. The number of imidazole rings is 1. The molecule has 0 spiro atoms. The van der Waals surface area contributed by atoms with Crippen LogP contribution in [0.1, 0.15) is 29.2 Å². The molecule has 2 aromatic carbocycles. The summed E-state index contributed by atoms with van der Waals surface area (Å²) < 4.78 is 36.5. The average Bonchev–Trinajstić information content (AvgIpc) is 3.29. The summed E-state index contributed by atoms with van der Waals surface area (Å²) in [5.74, 6) is 1.89. The topological polar surface area (TPSA) is 57.8 Å². The van der Waals surface area contributed by atoms with Crippen LogP contribution in [0.4, 0.5) is 8.78 Å². The van der Waals surface area contributed by atoms with Crippen LogP contribution in [0, 0.1) is 6.92 Å². The Kier molecular flexibility index (Phi) is 4.12. The van der Waals surface area contributed by atoms with Crippen LogP contribution in [-0.2, 0) is 13.2 Å². The molecule has 0 fully saturated rings. The number of hydrogen-bond acceptors (Lipinski definition) is 4. The Morgan fingerprint density at radius 3 is 2.72 bits per heavy atom. The van der Waals surface area contributed by atoms with E-state index < -0.39 is 6.43 Å². The Morgan fingerprint density at radius 2 is 1.93 bits per heavy atom. The van der Waals surface area contributed by atoms with E-state index in [1.807, 2.05) is 60.0 Å². The molecule has 0 unspecified atom stereocenters. The molecule has 6 nitrogen and oxygen atoms in total. The van der Waals surface area contributed by atoms with E-state index in [0.717, 1.165) is 16.8 Å². The molecule has 3 heterocycles. The van der Waals surface area contributed by atoms with E-state index in [-0.39, 0.29) is 18.8 Å². The lowest BCUT2D eigenvalue weighted by Gasteiger charge is -2.10. The van der Waals surface area contributed by atoms with Gasteiger partial charge in [-0.2, -0.15) is 0 Å². The summed E-state index contributed by atoms with van der Waals surface area (Å²) in [7, 11) is 0. The number of fused-ring (bicyclic) bond motifs is 5. The van der Waals surface area contributed by atoms with Gasteiger partial charge >= 0.3 is 0 Å². The highest BCUT2D eigenvalue weighted by molar-refractivity contribution is 5.70. The minimum atomic E-state index is -2.66.